The van der Waals surface area contributed by atoms with Crippen LogP contribution in [0.3, 0.4) is 0 Å². The number of thiazole rings is 1. The molecule has 1 N–H and O–H groups in total. The Kier molecular flexibility index (Phi) is 4.22. The number of rotatable bonds is 4. The molecule has 106 valence electrons. The fourth-order valence-corrected chi connectivity index (χ4v) is 3.30. The maximum Gasteiger partial charge on any atom is 0.266 e. The standard InChI is InChI=1S/C14H18N4OS/c19-14-2-1-7-17-18(14)13-5-3-11(4-6-13)15-8-12-9-20-10-16-12/h1-2,7,9-11,13,15H,3-6,8H2. The van der Waals surface area contributed by atoms with Gasteiger partial charge in [-0.1, -0.05) is 0 Å². The van der Waals surface area contributed by atoms with Crippen LogP contribution in [0.4, 0.5) is 0 Å². The smallest absolute Gasteiger partial charge is 0.266 e. The van der Waals surface area contributed by atoms with E-state index in [-0.39, 0.29) is 11.6 Å². The van der Waals surface area contributed by atoms with Crippen LogP contribution in [0.15, 0.2) is 34.0 Å². The molecule has 0 amide bonds. The van der Waals surface area contributed by atoms with Crippen LogP contribution in [0.1, 0.15) is 37.4 Å². The molecule has 1 aliphatic carbocycles. The Morgan fingerprint density at radius 2 is 2.20 bits per heavy atom. The van der Waals surface area contributed by atoms with Gasteiger partial charge in [-0.2, -0.15) is 5.10 Å². The number of nitrogens with zero attached hydrogens (tertiary/aromatic N) is 3. The predicted molar refractivity (Wildman–Crippen MR) is 78.7 cm³/mol. The molecule has 0 atom stereocenters. The third kappa shape index (κ3) is 3.13. The lowest BCUT2D eigenvalue weighted by atomic mass is 9.91. The minimum atomic E-state index is 0.00591. The minimum absolute atomic E-state index is 0.00591. The van der Waals surface area contributed by atoms with E-state index in [0.717, 1.165) is 37.9 Å². The largest absolute Gasteiger partial charge is 0.308 e. The predicted octanol–water partition coefficient (Wildman–Crippen LogP) is 1.97. The first-order chi connectivity index (χ1) is 9.83. The fourth-order valence-electron chi connectivity index (χ4n) is 2.74. The first kappa shape index (κ1) is 13.5. The van der Waals surface area contributed by atoms with Gasteiger partial charge < -0.3 is 5.32 Å². The summed E-state index contributed by atoms with van der Waals surface area (Å²) in [4.78, 5) is 16.0. The van der Waals surface area contributed by atoms with Crippen LogP contribution in [0, 0.1) is 0 Å². The average molecular weight is 290 g/mol. The lowest BCUT2D eigenvalue weighted by Crippen LogP contribution is -2.36. The molecule has 1 saturated carbocycles. The first-order valence-corrected chi connectivity index (χ1v) is 7.91. The van der Waals surface area contributed by atoms with Crippen molar-refractivity contribution in [1.29, 1.82) is 0 Å². The van der Waals surface area contributed by atoms with Crippen LogP contribution in [-0.2, 0) is 6.54 Å². The molecule has 2 heterocycles. The Hall–Kier alpha value is -1.53. The van der Waals surface area contributed by atoms with E-state index in [1.165, 1.54) is 0 Å². The molecule has 1 fully saturated rings. The van der Waals surface area contributed by atoms with Gasteiger partial charge >= 0.3 is 0 Å². The lowest BCUT2D eigenvalue weighted by Gasteiger charge is -2.29. The molecule has 0 aliphatic heterocycles. The molecule has 1 aliphatic rings. The molecular weight excluding hydrogens is 272 g/mol. The van der Waals surface area contributed by atoms with E-state index in [1.807, 2.05) is 5.51 Å². The summed E-state index contributed by atoms with van der Waals surface area (Å²) in [5, 5.41) is 9.81. The Bertz CT molecular complexity index is 587. The highest BCUT2D eigenvalue weighted by molar-refractivity contribution is 7.07. The number of hydrogen-bond donors (Lipinski definition) is 1. The number of hydrogen-bond acceptors (Lipinski definition) is 5. The van der Waals surface area contributed by atoms with Crippen molar-refractivity contribution in [2.45, 2.75) is 44.3 Å². The summed E-state index contributed by atoms with van der Waals surface area (Å²) in [5.74, 6) is 0. The normalized spacial score (nSPS) is 22.8. The molecule has 6 heteroatoms. The van der Waals surface area contributed by atoms with Crippen molar-refractivity contribution in [3.63, 3.8) is 0 Å². The number of nitrogens with one attached hydrogen (secondary N) is 1. The summed E-state index contributed by atoms with van der Waals surface area (Å²) in [6, 6.07) is 4.05. The van der Waals surface area contributed by atoms with E-state index in [1.54, 1.807) is 34.3 Å². The van der Waals surface area contributed by atoms with Crippen molar-refractivity contribution < 1.29 is 0 Å². The molecule has 3 rings (SSSR count). The van der Waals surface area contributed by atoms with Crippen LogP contribution < -0.4 is 10.9 Å². The minimum Gasteiger partial charge on any atom is -0.308 e. The third-order valence-electron chi connectivity index (χ3n) is 3.84. The third-order valence-corrected chi connectivity index (χ3v) is 4.47. The summed E-state index contributed by atoms with van der Waals surface area (Å²) in [5.41, 5.74) is 2.98. The maximum absolute atomic E-state index is 11.8. The van der Waals surface area contributed by atoms with Crippen LogP contribution in [-0.4, -0.2) is 20.8 Å². The van der Waals surface area contributed by atoms with Gasteiger partial charge in [0.1, 0.15) is 0 Å². The summed E-state index contributed by atoms with van der Waals surface area (Å²) in [6.45, 7) is 0.836. The highest BCUT2D eigenvalue weighted by atomic mass is 32.1. The second kappa shape index (κ2) is 6.28. The van der Waals surface area contributed by atoms with Crippen LogP contribution in [0.5, 0.6) is 0 Å². The Labute approximate surface area is 121 Å². The van der Waals surface area contributed by atoms with Gasteiger partial charge in [0.05, 0.1) is 17.2 Å². The second-order valence-electron chi connectivity index (χ2n) is 5.17. The van der Waals surface area contributed by atoms with Crippen molar-refractivity contribution in [2.24, 2.45) is 0 Å². The van der Waals surface area contributed by atoms with Gasteiger partial charge in [-0.15, -0.1) is 11.3 Å². The quantitative estimate of drug-likeness (QED) is 0.935. The van der Waals surface area contributed by atoms with E-state index < -0.39 is 0 Å². The van der Waals surface area contributed by atoms with E-state index in [2.05, 4.69) is 20.8 Å². The second-order valence-corrected chi connectivity index (χ2v) is 5.89. The van der Waals surface area contributed by atoms with Gasteiger partial charge in [-0.05, 0) is 31.7 Å². The van der Waals surface area contributed by atoms with Crippen molar-refractivity contribution in [1.82, 2.24) is 20.1 Å². The molecule has 0 aromatic carbocycles. The van der Waals surface area contributed by atoms with Gasteiger partial charge in [-0.25, -0.2) is 9.67 Å². The zero-order chi connectivity index (χ0) is 13.8. The van der Waals surface area contributed by atoms with Crippen LogP contribution in [0.2, 0.25) is 0 Å². The molecule has 0 saturated heterocycles. The van der Waals surface area contributed by atoms with Crippen molar-refractivity contribution >= 4 is 11.3 Å². The monoisotopic (exact) mass is 290 g/mol. The molecule has 0 radical (unpaired) electrons. The zero-order valence-corrected chi connectivity index (χ0v) is 12.1. The number of aromatic nitrogens is 3. The zero-order valence-electron chi connectivity index (χ0n) is 11.2. The molecular formula is C14H18N4OS. The molecule has 2 aromatic heterocycles. The van der Waals surface area contributed by atoms with E-state index >= 15 is 0 Å². The molecule has 0 bridgehead atoms. The highest BCUT2D eigenvalue weighted by Gasteiger charge is 2.23. The lowest BCUT2D eigenvalue weighted by molar-refractivity contribution is 0.268. The van der Waals surface area contributed by atoms with Crippen molar-refractivity contribution in [3.05, 3.63) is 45.3 Å². The SMILES string of the molecule is O=c1cccnn1C1CCC(NCc2cscn2)CC1. The molecule has 0 unspecified atom stereocenters. The van der Waals surface area contributed by atoms with Gasteiger partial charge in [0.25, 0.3) is 5.56 Å². The first-order valence-electron chi connectivity index (χ1n) is 6.97. The molecule has 5 nitrogen and oxygen atoms in total. The van der Waals surface area contributed by atoms with E-state index in [9.17, 15) is 4.79 Å². The molecule has 0 spiro atoms. The Balaban J connectivity index is 1.52. The average Bonchev–Trinajstić information content (AvgIpc) is 3.00. The summed E-state index contributed by atoms with van der Waals surface area (Å²) >= 11 is 1.63. The molecule has 20 heavy (non-hydrogen) atoms. The summed E-state index contributed by atoms with van der Waals surface area (Å²) in [6.07, 6.45) is 5.86. The van der Waals surface area contributed by atoms with E-state index in [4.69, 9.17) is 0 Å². The Morgan fingerprint density at radius 3 is 2.90 bits per heavy atom. The highest BCUT2D eigenvalue weighted by Crippen LogP contribution is 2.26. The van der Waals surface area contributed by atoms with Crippen molar-refractivity contribution in [2.75, 3.05) is 0 Å². The van der Waals surface area contributed by atoms with Crippen molar-refractivity contribution in [3.8, 4) is 0 Å². The fraction of sp³-hybridized carbons (Fsp3) is 0.500. The van der Waals surface area contributed by atoms with Crippen LogP contribution in [0.25, 0.3) is 0 Å². The van der Waals surface area contributed by atoms with Gasteiger partial charge in [0.15, 0.2) is 0 Å². The van der Waals surface area contributed by atoms with E-state index in [0.29, 0.717) is 6.04 Å². The maximum atomic E-state index is 11.8. The Morgan fingerprint density at radius 1 is 1.35 bits per heavy atom. The van der Waals surface area contributed by atoms with Gasteiger partial charge in [-0.3, -0.25) is 4.79 Å². The topological polar surface area (TPSA) is 59.8 Å². The van der Waals surface area contributed by atoms with Gasteiger partial charge in [0.2, 0.25) is 0 Å². The summed E-state index contributed by atoms with van der Waals surface area (Å²) in [7, 11) is 0. The molecule has 2 aromatic rings. The van der Waals surface area contributed by atoms with Gasteiger partial charge in [0, 0.05) is 30.2 Å². The summed E-state index contributed by atoms with van der Waals surface area (Å²) < 4.78 is 1.64. The van der Waals surface area contributed by atoms with Crippen LogP contribution >= 0.6 is 11.3 Å².